The van der Waals surface area contributed by atoms with Gasteiger partial charge in [-0.05, 0) is 69.1 Å². The summed E-state index contributed by atoms with van der Waals surface area (Å²) in [7, 11) is 0. The third-order valence-electron chi connectivity index (χ3n) is 13.1. The number of carbonyl (C=O) groups excluding carboxylic acids is 12. The van der Waals surface area contributed by atoms with Gasteiger partial charge in [-0.15, -0.1) is 0 Å². The SMILES string of the molecule is CC[C@H](C)[C@H](NC(=O)CNC(=O)[C@@H]1C[C@@H](O)CN1C(=O)[C@H](C)NC(=O)CNC(=O)[C@H](CC(C)C)NC(=O)[C@H](CC(C)C)NC(=O)CNC(=O)[C@H](CCC(N)=O)NC(=O)[C@@H]1CCCN1C(=O)CN)C(=O)N[C@@H](CC(C)C)C(=O)O. The van der Waals surface area contributed by atoms with Crippen molar-refractivity contribution in [2.45, 2.75) is 175 Å². The number of carbonyl (C=O) groups is 13. The van der Waals surface area contributed by atoms with E-state index in [1.165, 1.54) is 11.8 Å². The van der Waals surface area contributed by atoms with E-state index in [0.717, 1.165) is 4.90 Å². The lowest BCUT2D eigenvalue weighted by Crippen LogP contribution is -2.57. The van der Waals surface area contributed by atoms with Crippen LogP contribution >= 0.6 is 0 Å². The second-order valence-corrected chi connectivity index (χ2v) is 21.3. The van der Waals surface area contributed by atoms with Gasteiger partial charge < -0.3 is 79.3 Å². The minimum absolute atomic E-state index is 0.0507. The maximum Gasteiger partial charge on any atom is 0.326 e. The topological polar surface area (TPSA) is 429 Å². The van der Waals surface area contributed by atoms with Crippen molar-refractivity contribution in [1.29, 1.82) is 0 Å². The fraction of sp³-hybridized carbons (Fsp3) is 0.740. The number of β-amino-alcohol motifs (C(OH)–C–C–N with tert-alkyl or cyclic N) is 1. The molecule has 2 saturated heterocycles. The summed E-state index contributed by atoms with van der Waals surface area (Å²) in [6, 6.07) is -9.52. The van der Waals surface area contributed by atoms with Crippen LogP contribution in [0.5, 0.6) is 0 Å². The van der Waals surface area contributed by atoms with Gasteiger partial charge >= 0.3 is 5.97 Å². The third kappa shape index (κ3) is 22.5. The number of amides is 12. The van der Waals surface area contributed by atoms with E-state index >= 15 is 0 Å². The maximum atomic E-state index is 13.7. The van der Waals surface area contributed by atoms with E-state index in [4.69, 9.17) is 11.5 Å². The van der Waals surface area contributed by atoms with Crippen molar-refractivity contribution in [2.75, 3.05) is 39.3 Å². The number of carboxylic acid groups (broad SMARTS) is 1. The normalized spacial score (nSPS) is 18.8. The zero-order valence-electron chi connectivity index (χ0n) is 46.4. The van der Waals surface area contributed by atoms with Crippen molar-refractivity contribution in [1.82, 2.24) is 57.7 Å². The summed E-state index contributed by atoms with van der Waals surface area (Å²) >= 11 is 0. The number of likely N-dealkylation sites (tertiary alicyclic amines) is 2. The summed E-state index contributed by atoms with van der Waals surface area (Å²) in [5.74, 6) is -11.0. The molecule has 0 aromatic rings. The lowest BCUT2D eigenvalue weighted by molar-refractivity contribution is -0.143. The van der Waals surface area contributed by atoms with Gasteiger partial charge in [-0.3, -0.25) is 57.5 Å². The van der Waals surface area contributed by atoms with Gasteiger partial charge in [0.1, 0.15) is 48.3 Å². The molecule has 0 spiro atoms. The molecule has 0 bridgehead atoms. The number of nitrogens with one attached hydrogen (secondary N) is 9. The van der Waals surface area contributed by atoms with Crippen molar-refractivity contribution < 1.29 is 72.5 Å². The highest BCUT2D eigenvalue weighted by atomic mass is 16.4. The van der Waals surface area contributed by atoms with Gasteiger partial charge in [0.25, 0.3) is 0 Å². The molecule has 0 radical (unpaired) electrons. The average Bonchev–Trinajstić information content (AvgIpc) is 4.02. The zero-order valence-corrected chi connectivity index (χ0v) is 46.4. The number of nitrogens with zero attached hydrogens (tertiary/aromatic N) is 2. The Kier molecular flexibility index (Phi) is 28.1. The molecule has 28 heteroatoms. The Hall–Kier alpha value is -6.97. The quantitative estimate of drug-likeness (QED) is 0.0303. The van der Waals surface area contributed by atoms with Gasteiger partial charge in [-0.25, -0.2) is 4.79 Å². The number of primary amides is 1. The molecule has 15 N–H and O–H groups in total. The second-order valence-electron chi connectivity index (χ2n) is 21.3. The Bertz CT molecular complexity index is 2160. The fourth-order valence-electron chi connectivity index (χ4n) is 8.86. The monoisotopic (exact) mass is 1110 g/mol. The summed E-state index contributed by atoms with van der Waals surface area (Å²) in [6.07, 6.45) is -0.240. The van der Waals surface area contributed by atoms with E-state index in [0.29, 0.717) is 25.8 Å². The number of aliphatic hydroxyl groups excluding tert-OH is 1. The number of aliphatic hydroxyl groups is 1. The molecule has 0 aromatic carbocycles. The van der Waals surface area contributed by atoms with Crippen LogP contribution in [0.2, 0.25) is 0 Å². The summed E-state index contributed by atoms with van der Waals surface area (Å²) < 4.78 is 0. The van der Waals surface area contributed by atoms with Crippen LogP contribution in [0.1, 0.15) is 120 Å². The number of hydrogen-bond acceptors (Lipinski definition) is 15. The number of aliphatic carboxylic acids is 1. The van der Waals surface area contributed by atoms with Crippen LogP contribution in [0.15, 0.2) is 0 Å². The van der Waals surface area contributed by atoms with Crippen LogP contribution in [-0.2, 0) is 62.3 Å². The lowest BCUT2D eigenvalue weighted by Gasteiger charge is -2.28. The van der Waals surface area contributed by atoms with E-state index in [-0.39, 0.29) is 69.4 Å². The molecular weight excluding hydrogens is 1020 g/mol. The highest BCUT2D eigenvalue weighted by molar-refractivity contribution is 5.98. The first-order valence-electron chi connectivity index (χ1n) is 26.6. The molecule has 0 unspecified atom stereocenters. The maximum absolute atomic E-state index is 13.7. The first-order valence-corrected chi connectivity index (χ1v) is 26.6. The van der Waals surface area contributed by atoms with Crippen LogP contribution < -0.4 is 59.3 Å². The highest BCUT2D eigenvalue weighted by Gasteiger charge is 2.41. The number of nitrogens with two attached hydrogens (primary N) is 2. The number of carboxylic acids is 1. The minimum atomic E-state index is -1.32. The fourth-order valence-corrected chi connectivity index (χ4v) is 8.86. The molecular formula is C50H85N13O15. The Labute approximate surface area is 454 Å². The molecule has 440 valence electrons. The average molecular weight is 1110 g/mol. The number of rotatable bonds is 32. The highest BCUT2D eigenvalue weighted by Crippen LogP contribution is 2.21. The molecule has 2 fully saturated rings. The largest absolute Gasteiger partial charge is 0.480 e. The van der Waals surface area contributed by atoms with Crippen LogP contribution in [0.3, 0.4) is 0 Å². The molecule has 2 rings (SSSR count). The lowest BCUT2D eigenvalue weighted by atomic mass is 9.97. The number of hydrogen-bond donors (Lipinski definition) is 13. The summed E-state index contributed by atoms with van der Waals surface area (Å²) in [5, 5.41) is 42.5. The van der Waals surface area contributed by atoms with Crippen LogP contribution in [-0.4, -0.2) is 191 Å². The summed E-state index contributed by atoms with van der Waals surface area (Å²) in [4.78, 5) is 171. The van der Waals surface area contributed by atoms with Gasteiger partial charge in [0.05, 0.1) is 32.3 Å². The predicted octanol–water partition coefficient (Wildman–Crippen LogP) is -4.29. The zero-order chi connectivity index (χ0) is 59.1. The van der Waals surface area contributed by atoms with Crippen LogP contribution in [0.25, 0.3) is 0 Å². The Morgan fingerprint density at radius 2 is 1.10 bits per heavy atom. The molecule has 10 atom stereocenters. The Morgan fingerprint density at radius 1 is 0.590 bits per heavy atom. The van der Waals surface area contributed by atoms with Crippen molar-refractivity contribution in [3.05, 3.63) is 0 Å². The van der Waals surface area contributed by atoms with Crippen LogP contribution in [0, 0.1) is 23.7 Å². The van der Waals surface area contributed by atoms with Crippen molar-refractivity contribution in [2.24, 2.45) is 35.1 Å². The van der Waals surface area contributed by atoms with Gasteiger partial charge in [0.2, 0.25) is 70.9 Å². The molecule has 12 amide bonds. The van der Waals surface area contributed by atoms with E-state index in [9.17, 15) is 72.5 Å². The molecule has 28 nitrogen and oxygen atoms in total. The predicted molar refractivity (Wildman–Crippen MR) is 280 cm³/mol. The standard InChI is InChI=1S/C50H85N13O15/c1-10-28(8)42(48(75)60-34(50(77)78)18-27(6)7)61-40(68)23-55-46(73)36-19-30(64)24-63(36)49(76)29(9)56-38(66)21-54-44(71)32(16-25(2)3)59-45(72)33(17-26(4)5)57-39(67)22-53-43(70)31(13-14-37(52)65)58-47(74)35-12-11-15-62(35)41(69)20-51/h25-36,42,64H,10-24,51H2,1-9H3,(H2,52,65)(H,53,70)(H,54,71)(H,55,73)(H,56,66)(H,57,67)(H,58,74)(H,59,72)(H,60,75)(H,61,68)(H,77,78)/t28-,29-,30+,31-,32-,33-,34-,35-,36-,42-/m0/s1. The third-order valence-corrected chi connectivity index (χ3v) is 13.1. The molecule has 2 heterocycles. The molecule has 78 heavy (non-hydrogen) atoms. The Morgan fingerprint density at radius 3 is 1.64 bits per heavy atom. The smallest absolute Gasteiger partial charge is 0.326 e. The van der Waals surface area contributed by atoms with E-state index in [1.54, 1.807) is 55.4 Å². The molecule has 2 aliphatic rings. The molecule has 2 aliphatic heterocycles. The van der Waals surface area contributed by atoms with E-state index in [1.807, 2.05) is 0 Å². The Balaban J connectivity index is 2.04. The first kappa shape index (κ1) is 67.1. The second kappa shape index (κ2) is 32.7. The molecule has 0 aliphatic carbocycles. The summed E-state index contributed by atoms with van der Waals surface area (Å²) in [5.41, 5.74) is 10.8. The summed E-state index contributed by atoms with van der Waals surface area (Å²) in [6.45, 7) is 13.2. The van der Waals surface area contributed by atoms with Crippen molar-refractivity contribution in [3.63, 3.8) is 0 Å². The van der Waals surface area contributed by atoms with E-state index in [2.05, 4.69) is 47.9 Å². The first-order chi connectivity index (χ1) is 36.5. The van der Waals surface area contributed by atoms with Gasteiger partial charge in [0.15, 0.2) is 0 Å². The van der Waals surface area contributed by atoms with Crippen molar-refractivity contribution in [3.8, 4) is 0 Å². The van der Waals surface area contributed by atoms with Gasteiger partial charge in [-0.1, -0.05) is 61.8 Å². The minimum Gasteiger partial charge on any atom is -0.480 e. The van der Waals surface area contributed by atoms with Gasteiger partial charge in [-0.2, -0.15) is 0 Å². The molecule has 0 saturated carbocycles. The van der Waals surface area contributed by atoms with Crippen molar-refractivity contribution >= 4 is 76.9 Å². The van der Waals surface area contributed by atoms with Crippen LogP contribution in [0.4, 0.5) is 0 Å². The molecule has 0 aromatic heterocycles. The van der Waals surface area contributed by atoms with Gasteiger partial charge in [0, 0.05) is 25.9 Å². The van der Waals surface area contributed by atoms with E-state index < -0.39 is 157 Å².